The van der Waals surface area contributed by atoms with E-state index in [-0.39, 0.29) is 24.2 Å². The maximum Gasteiger partial charge on any atom is 0.229 e. The Morgan fingerprint density at radius 3 is 2.84 bits per heavy atom. The van der Waals surface area contributed by atoms with E-state index in [0.717, 1.165) is 0 Å². The lowest BCUT2D eigenvalue weighted by Crippen LogP contribution is -2.26. The Kier molecular flexibility index (Phi) is 3.59. The zero-order chi connectivity index (χ0) is 14.0. The number of benzene rings is 1. The number of methoxy groups -OCH3 is 1. The highest BCUT2D eigenvalue weighted by molar-refractivity contribution is 5.99. The summed E-state index contributed by atoms with van der Waals surface area (Å²) in [5, 5.41) is 2.75. The standard InChI is InChI=1S/C13H17N3O3/c1-16-7-8(5-12(16)17)13(18)15-11-6-9(19-2)3-4-10(11)14/h3-4,6,8H,5,7,14H2,1-2H3,(H,15,18). The van der Waals surface area contributed by atoms with E-state index in [0.29, 0.717) is 23.7 Å². The van der Waals surface area contributed by atoms with E-state index in [2.05, 4.69) is 5.32 Å². The van der Waals surface area contributed by atoms with Crippen LogP contribution in [0.25, 0.3) is 0 Å². The van der Waals surface area contributed by atoms with E-state index >= 15 is 0 Å². The maximum atomic E-state index is 12.1. The molecule has 1 aromatic carbocycles. The minimum absolute atomic E-state index is 0.0150. The smallest absolute Gasteiger partial charge is 0.229 e. The topological polar surface area (TPSA) is 84.7 Å². The zero-order valence-corrected chi connectivity index (χ0v) is 11.0. The van der Waals surface area contributed by atoms with Gasteiger partial charge in [0.1, 0.15) is 5.75 Å². The molecule has 6 heteroatoms. The number of carbonyl (C=O) groups excluding carboxylic acids is 2. The maximum absolute atomic E-state index is 12.1. The Labute approximate surface area is 111 Å². The van der Waals surface area contributed by atoms with Crippen molar-refractivity contribution in [2.45, 2.75) is 6.42 Å². The van der Waals surface area contributed by atoms with Crippen LogP contribution in [-0.4, -0.2) is 37.4 Å². The van der Waals surface area contributed by atoms with Gasteiger partial charge >= 0.3 is 0 Å². The van der Waals surface area contributed by atoms with E-state index in [1.807, 2.05) is 0 Å². The summed E-state index contributed by atoms with van der Waals surface area (Å²) in [7, 11) is 3.23. The molecule has 102 valence electrons. The number of nitrogens with two attached hydrogens (primary N) is 1. The molecule has 2 amide bonds. The summed E-state index contributed by atoms with van der Waals surface area (Å²) < 4.78 is 5.08. The fraction of sp³-hybridized carbons (Fsp3) is 0.385. The highest BCUT2D eigenvalue weighted by Gasteiger charge is 2.32. The molecule has 2 rings (SSSR count). The molecule has 1 aliphatic heterocycles. The zero-order valence-electron chi connectivity index (χ0n) is 11.0. The molecule has 0 bridgehead atoms. The second kappa shape index (κ2) is 5.17. The van der Waals surface area contributed by atoms with Gasteiger partial charge < -0.3 is 20.7 Å². The molecule has 1 fully saturated rings. The first kappa shape index (κ1) is 13.2. The summed E-state index contributed by atoms with van der Waals surface area (Å²) >= 11 is 0. The Morgan fingerprint density at radius 1 is 1.53 bits per heavy atom. The predicted octanol–water partition coefficient (Wildman–Crippen LogP) is 0.694. The van der Waals surface area contributed by atoms with E-state index in [1.165, 1.54) is 0 Å². The molecule has 1 saturated heterocycles. The van der Waals surface area contributed by atoms with Crippen molar-refractivity contribution in [3.63, 3.8) is 0 Å². The van der Waals surface area contributed by atoms with Crippen molar-refractivity contribution in [3.8, 4) is 5.75 Å². The highest BCUT2D eigenvalue weighted by atomic mass is 16.5. The lowest BCUT2D eigenvalue weighted by atomic mass is 10.1. The van der Waals surface area contributed by atoms with Crippen LogP contribution in [0.5, 0.6) is 5.75 Å². The van der Waals surface area contributed by atoms with Crippen LogP contribution in [0.15, 0.2) is 18.2 Å². The number of hydrogen-bond acceptors (Lipinski definition) is 4. The SMILES string of the molecule is COc1ccc(N)c(NC(=O)C2CC(=O)N(C)C2)c1. The minimum atomic E-state index is -0.330. The molecule has 0 aliphatic carbocycles. The largest absolute Gasteiger partial charge is 0.497 e. The molecule has 3 N–H and O–H groups in total. The lowest BCUT2D eigenvalue weighted by molar-refractivity contribution is -0.127. The fourth-order valence-electron chi connectivity index (χ4n) is 2.04. The van der Waals surface area contributed by atoms with Gasteiger partial charge in [-0.15, -0.1) is 0 Å². The first-order valence-corrected chi connectivity index (χ1v) is 5.99. The van der Waals surface area contributed by atoms with Gasteiger partial charge in [0.25, 0.3) is 0 Å². The van der Waals surface area contributed by atoms with E-state index in [9.17, 15) is 9.59 Å². The summed E-state index contributed by atoms with van der Waals surface area (Å²) in [4.78, 5) is 25.0. The van der Waals surface area contributed by atoms with Crippen LogP contribution in [-0.2, 0) is 9.59 Å². The highest BCUT2D eigenvalue weighted by Crippen LogP contribution is 2.26. The van der Waals surface area contributed by atoms with Gasteiger partial charge in [0.05, 0.1) is 24.4 Å². The van der Waals surface area contributed by atoms with Crippen LogP contribution in [0.2, 0.25) is 0 Å². The fourth-order valence-corrected chi connectivity index (χ4v) is 2.04. The Bertz CT molecular complexity index is 516. The molecule has 1 aliphatic rings. The summed E-state index contributed by atoms with van der Waals surface area (Å²) in [5.74, 6) is 0.0728. The Hall–Kier alpha value is -2.24. The predicted molar refractivity (Wildman–Crippen MR) is 71.8 cm³/mol. The number of nitrogens with one attached hydrogen (secondary N) is 1. The number of hydrogen-bond donors (Lipinski definition) is 2. The number of carbonyl (C=O) groups is 2. The molecule has 1 heterocycles. The molecule has 19 heavy (non-hydrogen) atoms. The second-order valence-electron chi connectivity index (χ2n) is 4.62. The molecule has 0 saturated carbocycles. The molecule has 0 spiro atoms. The third-order valence-electron chi connectivity index (χ3n) is 3.23. The third kappa shape index (κ3) is 2.78. The molecular weight excluding hydrogens is 246 g/mol. The normalized spacial score (nSPS) is 18.5. The monoisotopic (exact) mass is 263 g/mol. The van der Waals surface area contributed by atoms with Crippen molar-refractivity contribution in [2.24, 2.45) is 5.92 Å². The first-order valence-electron chi connectivity index (χ1n) is 5.99. The quantitative estimate of drug-likeness (QED) is 0.786. The lowest BCUT2D eigenvalue weighted by Gasteiger charge is -2.13. The van der Waals surface area contributed by atoms with Crippen molar-refractivity contribution in [2.75, 3.05) is 31.8 Å². The van der Waals surface area contributed by atoms with Gasteiger partial charge in [-0.3, -0.25) is 9.59 Å². The number of rotatable bonds is 3. The van der Waals surface area contributed by atoms with Crippen LogP contribution >= 0.6 is 0 Å². The van der Waals surface area contributed by atoms with Gasteiger partial charge in [-0.05, 0) is 12.1 Å². The average Bonchev–Trinajstić information content (AvgIpc) is 2.72. The van der Waals surface area contributed by atoms with Gasteiger partial charge in [0, 0.05) is 26.1 Å². The number of ether oxygens (including phenoxy) is 1. The molecule has 0 radical (unpaired) electrons. The number of amides is 2. The van der Waals surface area contributed by atoms with Crippen LogP contribution in [0, 0.1) is 5.92 Å². The van der Waals surface area contributed by atoms with Crippen molar-refractivity contribution >= 4 is 23.2 Å². The van der Waals surface area contributed by atoms with E-state index in [1.54, 1.807) is 37.3 Å². The second-order valence-corrected chi connectivity index (χ2v) is 4.62. The average molecular weight is 263 g/mol. The number of nitrogens with zero attached hydrogens (tertiary/aromatic N) is 1. The third-order valence-corrected chi connectivity index (χ3v) is 3.23. The van der Waals surface area contributed by atoms with Crippen LogP contribution in [0.4, 0.5) is 11.4 Å². The van der Waals surface area contributed by atoms with Crippen molar-refractivity contribution in [3.05, 3.63) is 18.2 Å². The molecule has 1 atom stereocenters. The van der Waals surface area contributed by atoms with Gasteiger partial charge in [-0.1, -0.05) is 0 Å². The van der Waals surface area contributed by atoms with Crippen molar-refractivity contribution in [1.82, 2.24) is 4.90 Å². The van der Waals surface area contributed by atoms with Crippen molar-refractivity contribution in [1.29, 1.82) is 0 Å². The van der Waals surface area contributed by atoms with E-state index in [4.69, 9.17) is 10.5 Å². The number of nitrogen functional groups attached to an aromatic ring is 1. The van der Waals surface area contributed by atoms with Crippen molar-refractivity contribution < 1.29 is 14.3 Å². The van der Waals surface area contributed by atoms with Crippen LogP contribution < -0.4 is 15.8 Å². The molecule has 0 aromatic heterocycles. The Balaban J connectivity index is 2.09. The summed E-state index contributed by atoms with van der Waals surface area (Å²) in [6.45, 7) is 0.439. The minimum Gasteiger partial charge on any atom is -0.497 e. The van der Waals surface area contributed by atoms with Gasteiger partial charge in [0.2, 0.25) is 11.8 Å². The molecule has 1 aromatic rings. The summed E-state index contributed by atoms with van der Waals surface area (Å²) in [5.41, 5.74) is 6.77. The first-order chi connectivity index (χ1) is 9.01. The van der Waals surface area contributed by atoms with Gasteiger partial charge in [-0.25, -0.2) is 0 Å². The van der Waals surface area contributed by atoms with Gasteiger partial charge in [0.15, 0.2) is 0 Å². The van der Waals surface area contributed by atoms with Gasteiger partial charge in [-0.2, -0.15) is 0 Å². The molecule has 6 nitrogen and oxygen atoms in total. The number of likely N-dealkylation sites (tertiary alicyclic amines) is 1. The molecular formula is C13H17N3O3. The summed E-state index contributed by atoms with van der Waals surface area (Å²) in [6, 6.07) is 5.05. The van der Waals surface area contributed by atoms with Crippen LogP contribution in [0.3, 0.4) is 0 Å². The Morgan fingerprint density at radius 2 is 2.26 bits per heavy atom. The van der Waals surface area contributed by atoms with Crippen LogP contribution in [0.1, 0.15) is 6.42 Å². The summed E-state index contributed by atoms with van der Waals surface area (Å²) in [6.07, 6.45) is 0.242. The van der Waals surface area contributed by atoms with E-state index < -0.39 is 0 Å². The number of anilines is 2. The molecule has 1 unspecified atom stereocenters.